The van der Waals surface area contributed by atoms with E-state index in [1.54, 1.807) is 0 Å². The molecule has 0 amide bonds. The molecule has 2 aromatic carbocycles. The zero-order chi connectivity index (χ0) is 10.7. The Bertz CT molecular complexity index is 417. The Balaban J connectivity index is 2.29. The Morgan fingerprint density at radius 2 is 1.27 bits per heavy atom. The quantitative estimate of drug-likeness (QED) is 0.643. The number of hydrogen-bond acceptors (Lipinski definition) is 0. The van der Waals surface area contributed by atoms with Gasteiger partial charge in [0.25, 0.3) is 0 Å². The Labute approximate surface area is 92.0 Å². The smallest absolute Gasteiger partial charge is 0.0774 e. The average molecular weight is 194 g/mol. The predicted molar refractivity (Wildman–Crippen MR) is 68.5 cm³/mol. The van der Waals surface area contributed by atoms with Crippen LogP contribution in [0.4, 0.5) is 0 Å². The number of rotatable bonds is 2. The lowest BCUT2D eigenvalue weighted by atomic mass is 9.42. The first-order chi connectivity index (χ1) is 7.27. The van der Waals surface area contributed by atoms with E-state index in [9.17, 15) is 0 Å². The lowest BCUT2D eigenvalue weighted by molar-refractivity contribution is 1.49. The SMILES string of the molecule is CB(c1ccccc1)c1ccc(C)cc1. The van der Waals surface area contributed by atoms with Crippen LogP contribution in [0.25, 0.3) is 0 Å². The Morgan fingerprint density at radius 3 is 1.87 bits per heavy atom. The highest BCUT2D eigenvalue weighted by atomic mass is 13.9. The molecule has 15 heavy (non-hydrogen) atoms. The van der Waals surface area contributed by atoms with Crippen LogP contribution in [-0.2, 0) is 0 Å². The number of benzene rings is 2. The summed E-state index contributed by atoms with van der Waals surface area (Å²) in [5, 5.41) is 0. The van der Waals surface area contributed by atoms with Crippen LogP contribution in [0, 0.1) is 6.92 Å². The monoisotopic (exact) mass is 194 g/mol. The Kier molecular flexibility index (Phi) is 2.91. The van der Waals surface area contributed by atoms with E-state index in [2.05, 4.69) is 68.3 Å². The third kappa shape index (κ3) is 2.30. The molecule has 0 aliphatic carbocycles. The van der Waals surface area contributed by atoms with Gasteiger partial charge in [-0.1, -0.05) is 77.9 Å². The summed E-state index contributed by atoms with van der Waals surface area (Å²) in [4.78, 5) is 0. The summed E-state index contributed by atoms with van der Waals surface area (Å²) in [6.07, 6.45) is 0. The molecule has 0 saturated heterocycles. The van der Waals surface area contributed by atoms with Crippen molar-refractivity contribution in [2.24, 2.45) is 0 Å². The van der Waals surface area contributed by atoms with Gasteiger partial charge in [0.1, 0.15) is 0 Å². The van der Waals surface area contributed by atoms with Gasteiger partial charge in [-0.15, -0.1) is 0 Å². The summed E-state index contributed by atoms with van der Waals surface area (Å²) in [6.45, 7) is 4.85. The van der Waals surface area contributed by atoms with Crippen LogP contribution in [0.1, 0.15) is 5.56 Å². The lowest BCUT2D eigenvalue weighted by Gasteiger charge is -2.08. The maximum atomic E-state index is 2.25. The molecule has 0 radical (unpaired) electrons. The first-order valence-electron chi connectivity index (χ1n) is 5.39. The zero-order valence-electron chi connectivity index (χ0n) is 9.27. The van der Waals surface area contributed by atoms with Crippen molar-refractivity contribution >= 4 is 17.6 Å². The average Bonchev–Trinajstić information content (AvgIpc) is 2.30. The van der Waals surface area contributed by atoms with Crippen molar-refractivity contribution in [1.29, 1.82) is 0 Å². The third-order valence-corrected chi connectivity index (χ3v) is 2.88. The highest BCUT2D eigenvalue weighted by Crippen LogP contribution is 1.96. The van der Waals surface area contributed by atoms with Crippen molar-refractivity contribution in [3.8, 4) is 0 Å². The van der Waals surface area contributed by atoms with Crippen LogP contribution < -0.4 is 10.9 Å². The molecule has 0 unspecified atom stereocenters. The molecule has 0 heterocycles. The van der Waals surface area contributed by atoms with Crippen molar-refractivity contribution in [3.05, 3.63) is 60.2 Å². The Morgan fingerprint density at radius 1 is 0.733 bits per heavy atom. The van der Waals surface area contributed by atoms with Gasteiger partial charge in [-0.25, -0.2) is 0 Å². The molecule has 2 rings (SSSR count). The van der Waals surface area contributed by atoms with E-state index in [-0.39, 0.29) is 0 Å². The Hall–Kier alpha value is -1.50. The minimum absolute atomic E-state index is 0.479. The normalized spacial score (nSPS) is 10.0. The van der Waals surface area contributed by atoms with Crippen molar-refractivity contribution in [3.63, 3.8) is 0 Å². The summed E-state index contributed by atoms with van der Waals surface area (Å²) in [5.74, 6) is 0. The molecule has 0 aliphatic heterocycles. The third-order valence-electron chi connectivity index (χ3n) is 2.88. The van der Waals surface area contributed by atoms with E-state index in [4.69, 9.17) is 0 Å². The van der Waals surface area contributed by atoms with Gasteiger partial charge in [-0.2, -0.15) is 0 Å². The minimum atomic E-state index is 0.479. The molecule has 0 aromatic heterocycles. The topological polar surface area (TPSA) is 0 Å². The number of aryl methyl sites for hydroxylation is 1. The highest BCUT2D eigenvalue weighted by molar-refractivity contribution is 6.84. The molecule has 0 bridgehead atoms. The molecule has 0 saturated carbocycles. The van der Waals surface area contributed by atoms with Gasteiger partial charge in [-0.3, -0.25) is 0 Å². The molecule has 0 atom stereocenters. The first kappa shape index (κ1) is 10.0. The summed E-state index contributed by atoms with van der Waals surface area (Å²) in [7, 11) is 0. The standard InChI is InChI=1S/C14H15B/c1-12-8-10-14(11-9-12)15(2)13-6-4-3-5-7-13/h3-11H,1-2H3. The summed E-state index contributed by atoms with van der Waals surface area (Å²) in [5.41, 5.74) is 4.08. The van der Waals surface area contributed by atoms with Crippen molar-refractivity contribution in [2.75, 3.05) is 0 Å². The van der Waals surface area contributed by atoms with Gasteiger partial charge in [0, 0.05) is 0 Å². The van der Waals surface area contributed by atoms with Gasteiger partial charge in [0.05, 0.1) is 0 Å². The van der Waals surface area contributed by atoms with Crippen LogP contribution in [0.5, 0.6) is 0 Å². The van der Waals surface area contributed by atoms with Crippen LogP contribution in [0.2, 0.25) is 6.82 Å². The fourth-order valence-electron chi connectivity index (χ4n) is 1.79. The van der Waals surface area contributed by atoms with Crippen molar-refractivity contribution in [2.45, 2.75) is 13.7 Å². The van der Waals surface area contributed by atoms with Gasteiger partial charge in [-0.05, 0) is 6.92 Å². The molecule has 0 aliphatic rings. The summed E-state index contributed by atoms with van der Waals surface area (Å²) < 4.78 is 0. The van der Waals surface area contributed by atoms with Gasteiger partial charge >= 0.3 is 0 Å². The van der Waals surface area contributed by atoms with Crippen LogP contribution in [0.15, 0.2) is 54.6 Å². The molecule has 2 aromatic rings. The predicted octanol–water partition coefficient (Wildman–Crippen LogP) is 2.23. The van der Waals surface area contributed by atoms with Crippen molar-refractivity contribution in [1.82, 2.24) is 0 Å². The maximum absolute atomic E-state index is 2.25. The van der Waals surface area contributed by atoms with E-state index in [1.165, 1.54) is 16.5 Å². The molecular weight excluding hydrogens is 179 g/mol. The molecule has 1 heteroatoms. The molecule has 0 nitrogen and oxygen atoms in total. The molecule has 0 spiro atoms. The second-order valence-corrected chi connectivity index (χ2v) is 4.04. The van der Waals surface area contributed by atoms with E-state index in [0.717, 1.165) is 0 Å². The van der Waals surface area contributed by atoms with Crippen LogP contribution >= 0.6 is 0 Å². The summed E-state index contributed by atoms with van der Waals surface area (Å²) >= 11 is 0. The number of hydrogen-bond donors (Lipinski definition) is 0. The van der Waals surface area contributed by atoms with Crippen LogP contribution in [-0.4, -0.2) is 6.71 Å². The van der Waals surface area contributed by atoms with Gasteiger partial charge in [0.2, 0.25) is 6.71 Å². The molecule has 0 N–H and O–H groups in total. The zero-order valence-corrected chi connectivity index (χ0v) is 9.27. The maximum Gasteiger partial charge on any atom is 0.206 e. The second-order valence-electron chi connectivity index (χ2n) is 4.04. The minimum Gasteiger partial charge on any atom is -0.0774 e. The molecular formula is C14H15B. The van der Waals surface area contributed by atoms with E-state index in [0.29, 0.717) is 6.71 Å². The fourth-order valence-corrected chi connectivity index (χ4v) is 1.79. The fraction of sp³-hybridized carbons (Fsp3) is 0.143. The lowest BCUT2D eigenvalue weighted by Crippen LogP contribution is -2.38. The van der Waals surface area contributed by atoms with Crippen LogP contribution in [0.3, 0.4) is 0 Å². The molecule has 74 valence electrons. The van der Waals surface area contributed by atoms with E-state index >= 15 is 0 Å². The van der Waals surface area contributed by atoms with E-state index < -0.39 is 0 Å². The largest absolute Gasteiger partial charge is 0.206 e. The van der Waals surface area contributed by atoms with Crippen molar-refractivity contribution < 1.29 is 0 Å². The van der Waals surface area contributed by atoms with Gasteiger partial charge in [0.15, 0.2) is 0 Å². The van der Waals surface area contributed by atoms with E-state index in [1.807, 2.05) is 0 Å². The molecule has 0 fully saturated rings. The second kappa shape index (κ2) is 4.35. The first-order valence-corrected chi connectivity index (χ1v) is 5.39. The van der Waals surface area contributed by atoms with Gasteiger partial charge < -0.3 is 0 Å². The summed E-state index contributed by atoms with van der Waals surface area (Å²) in [6, 6.07) is 19.4. The highest BCUT2D eigenvalue weighted by Gasteiger charge is 2.11.